The zero-order chi connectivity index (χ0) is 27.4. The molecule has 1 aliphatic rings. The Labute approximate surface area is 243 Å². The summed E-state index contributed by atoms with van der Waals surface area (Å²) in [6, 6.07) is 54.3. The van der Waals surface area contributed by atoms with Crippen LogP contribution in [0.5, 0.6) is 0 Å². The van der Waals surface area contributed by atoms with Crippen molar-refractivity contribution in [2.45, 2.75) is 0 Å². The van der Waals surface area contributed by atoms with Crippen molar-refractivity contribution in [3.63, 3.8) is 0 Å². The van der Waals surface area contributed by atoms with Crippen LogP contribution < -0.4 is 0 Å². The molecule has 0 heteroatoms. The molecule has 0 saturated carbocycles. The van der Waals surface area contributed by atoms with Crippen LogP contribution in [-0.2, 0) is 0 Å². The summed E-state index contributed by atoms with van der Waals surface area (Å²) >= 11 is 0. The van der Waals surface area contributed by atoms with Gasteiger partial charge in [0.15, 0.2) is 0 Å². The fourth-order valence-corrected chi connectivity index (χ4v) is 7.76. The Kier molecular flexibility index (Phi) is 4.27. The monoisotopic (exact) mass is 528 g/mol. The first-order valence-corrected chi connectivity index (χ1v) is 14.7. The van der Waals surface area contributed by atoms with Crippen molar-refractivity contribution >= 4 is 64.6 Å². The first-order chi connectivity index (χ1) is 20.8. The van der Waals surface area contributed by atoms with E-state index < -0.39 is 0 Å². The summed E-state index contributed by atoms with van der Waals surface area (Å²) in [5.74, 6) is 0. The van der Waals surface area contributed by atoms with Gasteiger partial charge in [-0.1, -0.05) is 127 Å². The minimum absolute atomic E-state index is 1.28. The number of fused-ring (bicyclic) bond motifs is 12. The van der Waals surface area contributed by atoms with Crippen LogP contribution >= 0.6 is 0 Å². The van der Waals surface area contributed by atoms with Crippen molar-refractivity contribution < 1.29 is 0 Å². The van der Waals surface area contributed by atoms with Crippen molar-refractivity contribution in [3.05, 3.63) is 146 Å². The van der Waals surface area contributed by atoms with Crippen LogP contribution in [0.4, 0.5) is 0 Å². The summed E-state index contributed by atoms with van der Waals surface area (Å²) in [5, 5.41) is 15.7. The molecule has 0 aromatic heterocycles. The lowest BCUT2D eigenvalue weighted by Gasteiger charge is -2.17. The lowest BCUT2D eigenvalue weighted by atomic mass is 9.86. The van der Waals surface area contributed by atoms with Gasteiger partial charge in [-0.05, 0) is 116 Å². The van der Waals surface area contributed by atoms with Crippen LogP contribution in [0.3, 0.4) is 0 Å². The van der Waals surface area contributed by atoms with Crippen LogP contribution in [-0.4, -0.2) is 0 Å². The first-order valence-electron chi connectivity index (χ1n) is 14.7. The van der Waals surface area contributed by atoms with E-state index >= 15 is 0 Å². The maximum absolute atomic E-state index is 2.47. The van der Waals surface area contributed by atoms with E-state index in [4.69, 9.17) is 0 Å². The van der Waals surface area contributed by atoms with Gasteiger partial charge in [-0.3, -0.25) is 0 Å². The van der Waals surface area contributed by atoms with Crippen LogP contribution in [0.25, 0.3) is 98.0 Å². The van der Waals surface area contributed by atoms with Gasteiger partial charge in [-0.25, -0.2) is 0 Å². The van der Waals surface area contributed by atoms with E-state index in [-0.39, 0.29) is 0 Å². The summed E-state index contributed by atoms with van der Waals surface area (Å²) in [7, 11) is 0. The Morgan fingerprint density at radius 2 is 0.667 bits per heavy atom. The van der Waals surface area contributed by atoms with Gasteiger partial charge in [0.25, 0.3) is 0 Å². The zero-order valence-electron chi connectivity index (χ0n) is 22.9. The molecular weight excluding hydrogens is 504 g/mol. The third kappa shape index (κ3) is 2.81. The smallest absolute Gasteiger partial charge is 0.00199 e. The third-order valence-corrected chi connectivity index (χ3v) is 9.56. The summed E-state index contributed by atoms with van der Waals surface area (Å²) in [4.78, 5) is 0. The molecular formula is C42H24. The maximum Gasteiger partial charge on any atom is -0.00199 e. The molecule has 9 aromatic rings. The van der Waals surface area contributed by atoms with Crippen LogP contribution in [0.2, 0.25) is 0 Å². The second-order valence-corrected chi connectivity index (χ2v) is 11.6. The number of rotatable bonds is 1. The normalized spacial score (nSPS) is 12.3. The van der Waals surface area contributed by atoms with Gasteiger partial charge in [0.05, 0.1) is 0 Å². The van der Waals surface area contributed by atoms with Gasteiger partial charge >= 0.3 is 0 Å². The third-order valence-electron chi connectivity index (χ3n) is 9.56. The predicted molar refractivity (Wildman–Crippen MR) is 181 cm³/mol. The van der Waals surface area contributed by atoms with E-state index in [0.29, 0.717) is 0 Å². The molecule has 0 atom stereocenters. The molecule has 0 radical (unpaired) electrons. The quantitative estimate of drug-likeness (QED) is 0.186. The standard InChI is InChI=1S/C42H24/c1-2-11-26-25(10-1)20-21-33-27-12-3-5-14-29(27)37(22-36(26)33)38-23-40-35-19-9-18-34-28-13-4-8-17-32(28)41(42(34)35)24-39(40)31-16-7-6-15-30(31)38/h1-24H. The molecule has 0 aliphatic heterocycles. The molecule has 0 heterocycles. The van der Waals surface area contributed by atoms with Crippen molar-refractivity contribution in [2.24, 2.45) is 0 Å². The molecule has 10 rings (SSSR count). The minimum atomic E-state index is 1.28. The van der Waals surface area contributed by atoms with E-state index in [9.17, 15) is 0 Å². The second kappa shape index (κ2) is 8.06. The molecule has 0 N–H and O–H groups in total. The van der Waals surface area contributed by atoms with Crippen molar-refractivity contribution in [3.8, 4) is 33.4 Å². The average molecular weight is 529 g/mol. The highest BCUT2D eigenvalue weighted by atomic mass is 14.3. The highest BCUT2D eigenvalue weighted by Crippen LogP contribution is 2.51. The van der Waals surface area contributed by atoms with Crippen LogP contribution in [0, 0.1) is 0 Å². The highest BCUT2D eigenvalue weighted by Gasteiger charge is 2.23. The predicted octanol–water partition coefficient (Wildman–Crippen LogP) is 11.9. The zero-order valence-corrected chi connectivity index (χ0v) is 22.9. The fraction of sp³-hybridized carbons (Fsp3) is 0. The highest BCUT2D eigenvalue weighted by molar-refractivity contribution is 6.30. The Morgan fingerprint density at radius 1 is 0.214 bits per heavy atom. The molecule has 0 nitrogen and oxygen atoms in total. The number of benzene rings is 9. The SMILES string of the molecule is c1ccc2c(c1)-c1cccc3c1c-2cc1c2ccccc2c(-c2cc4c5ccccc5ccc4c4ccccc24)cc31. The Morgan fingerprint density at radius 3 is 1.40 bits per heavy atom. The largest absolute Gasteiger partial charge is 0.0616 e. The summed E-state index contributed by atoms with van der Waals surface area (Å²) in [5.41, 5.74) is 7.96. The van der Waals surface area contributed by atoms with Gasteiger partial charge in [-0.2, -0.15) is 0 Å². The summed E-state index contributed by atoms with van der Waals surface area (Å²) < 4.78 is 0. The Hall–Kier alpha value is -5.46. The second-order valence-electron chi connectivity index (χ2n) is 11.6. The maximum atomic E-state index is 2.47. The van der Waals surface area contributed by atoms with Gasteiger partial charge in [0, 0.05) is 0 Å². The molecule has 42 heavy (non-hydrogen) atoms. The van der Waals surface area contributed by atoms with Crippen LogP contribution in [0.1, 0.15) is 0 Å². The van der Waals surface area contributed by atoms with Crippen molar-refractivity contribution in [2.75, 3.05) is 0 Å². The van der Waals surface area contributed by atoms with Crippen molar-refractivity contribution in [1.29, 1.82) is 0 Å². The van der Waals surface area contributed by atoms with Crippen molar-refractivity contribution in [1.82, 2.24) is 0 Å². The van der Waals surface area contributed by atoms with Crippen LogP contribution in [0.15, 0.2) is 146 Å². The molecule has 9 aromatic carbocycles. The molecule has 1 aliphatic carbocycles. The molecule has 0 bridgehead atoms. The summed E-state index contributed by atoms with van der Waals surface area (Å²) in [6.07, 6.45) is 0. The Bertz CT molecular complexity index is 2620. The van der Waals surface area contributed by atoms with Gasteiger partial charge in [0.1, 0.15) is 0 Å². The number of hydrogen-bond donors (Lipinski definition) is 0. The molecule has 0 unspecified atom stereocenters. The molecule has 0 saturated heterocycles. The van der Waals surface area contributed by atoms with E-state index in [2.05, 4.69) is 146 Å². The van der Waals surface area contributed by atoms with Gasteiger partial charge < -0.3 is 0 Å². The molecule has 0 spiro atoms. The molecule has 192 valence electrons. The topological polar surface area (TPSA) is 0 Å². The fourth-order valence-electron chi connectivity index (χ4n) is 7.76. The molecule has 0 fully saturated rings. The first kappa shape index (κ1) is 22.3. The number of hydrogen-bond acceptors (Lipinski definition) is 0. The lowest BCUT2D eigenvalue weighted by Crippen LogP contribution is -1.90. The van der Waals surface area contributed by atoms with E-state index in [1.165, 1.54) is 98.0 Å². The van der Waals surface area contributed by atoms with E-state index in [0.717, 1.165) is 0 Å². The van der Waals surface area contributed by atoms with E-state index in [1.807, 2.05) is 0 Å². The minimum Gasteiger partial charge on any atom is -0.0616 e. The Balaban J connectivity index is 1.41. The average Bonchev–Trinajstić information content (AvgIpc) is 3.38. The summed E-state index contributed by atoms with van der Waals surface area (Å²) in [6.45, 7) is 0. The van der Waals surface area contributed by atoms with E-state index in [1.54, 1.807) is 0 Å². The van der Waals surface area contributed by atoms with Gasteiger partial charge in [0.2, 0.25) is 0 Å². The molecule has 0 amide bonds. The lowest BCUT2D eigenvalue weighted by molar-refractivity contribution is 1.70. The van der Waals surface area contributed by atoms with Gasteiger partial charge in [-0.15, -0.1) is 0 Å².